The molecule has 0 spiro atoms. The van der Waals surface area contributed by atoms with E-state index in [0.717, 1.165) is 0 Å². The summed E-state index contributed by atoms with van der Waals surface area (Å²) in [5.41, 5.74) is 5.96. The smallest absolute Gasteiger partial charge is 0.407 e. The normalized spacial score (nSPS) is 12.8. The molecule has 0 unspecified atom stereocenters. The lowest BCUT2D eigenvalue weighted by molar-refractivity contribution is -0.132. The van der Waals surface area contributed by atoms with Gasteiger partial charge in [-0.15, -0.1) is 0 Å². The number of primary amides is 1. The topological polar surface area (TPSA) is 230 Å². The highest BCUT2D eigenvalue weighted by atomic mass is 16.6. The summed E-state index contributed by atoms with van der Waals surface area (Å²) in [6.07, 6.45) is 1.03. The van der Waals surface area contributed by atoms with E-state index in [1.54, 1.807) is 89.2 Å². The summed E-state index contributed by atoms with van der Waals surface area (Å²) < 4.78 is 5.25. The van der Waals surface area contributed by atoms with Crippen molar-refractivity contribution in [3.8, 4) is 0 Å². The summed E-state index contributed by atoms with van der Waals surface area (Å²) >= 11 is 0. The minimum atomic E-state index is -1.08. The summed E-state index contributed by atoms with van der Waals surface area (Å²) in [6.45, 7) is 9.04. The summed E-state index contributed by atoms with van der Waals surface area (Å²) in [5.74, 6) is -2.62. The fraction of sp³-hybridized carbons (Fsp3) is 0.500. The van der Waals surface area contributed by atoms with Gasteiger partial charge in [-0.05, 0) is 88.6 Å². The fourth-order valence-corrected chi connectivity index (χ4v) is 4.84. The number of carbonyl (C=O) groups excluding carboxylic acids is 6. The first kappa shape index (κ1) is 42.0. The third kappa shape index (κ3) is 16.4. The van der Waals surface area contributed by atoms with E-state index < -0.39 is 65.4 Å². The van der Waals surface area contributed by atoms with Crippen LogP contribution in [0.15, 0.2) is 54.6 Å². The van der Waals surface area contributed by atoms with E-state index in [0.29, 0.717) is 36.1 Å². The molecule has 0 aromatic heterocycles. The number of benzene rings is 2. The average Bonchev–Trinajstić information content (AvgIpc) is 3.07. The van der Waals surface area contributed by atoms with E-state index in [-0.39, 0.29) is 32.5 Å². The summed E-state index contributed by atoms with van der Waals surface area (Å²) in [7, 11) is 0. The molecule has 2 aromatic rings. The van der Waals surface area contributed by atoms with Crippen LogP contribution < -0.4 is 37.6 Å². The summed E-state index contributed by atoms with van der Waals surface area (Å²) in [5, 5.41) is 25.5. The van der Waals surface area contributed by atoms with E-state index in [9.17, 15) is 33.9 Å². The molecular weight excluding hydrogens is 658 g/mol. The van der Waals surface area contributed by atoms with Gasteiger partial charge in [-0.2, -0.15) is 0 Å². The van der Waals surface area contributed by atoms with Gasteiger partial charge in [0.25, 0.3) is 5.91 Å². The Kier molecular flexibility index (Phi) is 17.4. The molecule has 0 radical (unpaired) electrons. The molecule has 0 bridgehead atoms. The molecule has 280 valence electrons. The lowest BCUT2D eigenvalue weighted by Gasteiger charge is -2.27. The molecule has 9 N–H and O–H groups in total. The van der Waals surface area contributed by atoms with E-state index in [2.05, 4.69) is 31.9 Å². The van der Waals surface area contributed by atoms with Crippen molar-refractivity contribution < 1.29 is 38.6 Å². The summed E-state index contributed by atoms with van der Waals surface area (Å²) in [6, 6.07) is 11.1. The number of alkyl carbamates (subject to hydrolysis) is 1. The number of nitrogens with one attached hydrogen (secondary N) is 6. The van der Waals surface area contributed by atoms with Crippen LogP contribution in [0, 0.1) is 5.92 Å². The van der Waals surface area contributed by atoms with Crippen molar-refractivity contribution in [2.24, 2.45) is 11.7 Å². The Morgan fingerprint density at radius 3 is 1.94 bits per heavy atom. The number of hydrogen-bond acceptors (Lipinski definition) is 8. The minimum Gasteiger partial charge on any atom is -0.444 e. The zero-order valence-corrected chi connectivity index (χ0v) is 30.0. The second kappa shape index (κ2) is 21.1. The Hall–Kier alpha value is -5.18. The zero-order chi connectivity index (χ0) is 38.0. The largest absolute Gasteiger partial charge is 0.444 e. The number of aliphatic hydroxyl groups is 1. The number of aliphatic hydroxyl groups excluding tert-OH is 1. The van der Waals surface area contributed by atoms with Crippen LogP contribution in [0.2, 0.25) is 0 Å². The van der Waals surface area contributed by atoms with Crippen LogP contribution in [0.3, 0.4) is 0 Å². The van der Waals surface area contributed by atoms with Crippen molar-refractivity contribution in [3.05, 3.63) is 65.7 Å². The lowest BCUT2D eigenvalue weighted by atomic mass is 10.0. The van der Waals surface area contributed by atoms with Crippen molar-refractivity contribution in [2.75, 3.05) is 18.4 Å². The highest BCUT2D eigenvalue weighted by molar-refractivity contribution is 6.00. The number of unbranched alkanes of at least 4 members (excludes halogenated alkanes) is 1. The maximum absolute atomic E-state index is 13.7. The summed E-state index contributed by atoms with van der Waals surface area (Å²) in [4.78, 5) is 76.9. The number of rotatable bonds is 19. The van der Waals surface area contributed by atoms with Crippen LogP contribution in [0.25, 0.3) is 0 Å². The number of urea groups is 1. The Balaban J connectivity index is 2.17. The van der Waals surface area contributed by atoms with Gasteiger partial charge in [0.2, 0.25) is 17.7 Å². The van der Waals surface area contributed by atoms with Gasteiger partial charge in [0.15, 0.2) is 0 Å². The first-order valence-electron chi connectivity index (χ1n) is 17.1. The average molecular weight is 712 g/mol. The molecule has 0 saturated carbocycles. The van der Waals surface area contributed by atoms with E-state index in [4.69, 9.17) is 10.5 Å². The van der Waals surface area contributed by atoms with E-state index in [1.807, 2.05) is 0 Å². The standard InChI is InChI=1S/C36H53N7O8/c1-23(2)29(33(48)42-28(15-11-21-38-34(37)49)31(46)40-26-18-16-24(22-44)17-19-26)43-32(47)27(41-30(45)25-12-7-6-8-13-25)14-9-10-20-39-35(50)51-36(3,4)5/h6-8,12-13,16-19,23,27-29,44H,9-11,14-15,20-22H2,1-5H3,(H,39,50)(H,40,46)(H,41,45)(H,42,48)(H,43,47)(H3,37,38,49)/t27-,28-,29-/m0/s1. The van der Waals surface area contributed by atoms with Crippen molar-refractivity contribution in [1.29, 1.82) is 0 Å². The molecule has 0 aliphatic heterocycles. The van der Waals surface area contributed by atoms with E-state index >= 15 is 0 Å². The van der Waals surface area contributed by atoms with Gasteiger partial charge < -0.3 is 47.5 Å². The van der Waals surface area contributed by atoms with Gasteiger partial charge in [0.1, 0.15) is 23.7 Å². The minimum absolute atomic E-state index is 0.137. The predicted octanol–water partition coefficient (Wildman–Crippen LogP) is 2.69. The monoisotopic (exact) mass is 711 g/mol. The molecule has 7 amide bonds. The van der Waals surface area contributed by atoms with Crippen LogP contribution in [-0.4, -0.2) is 77.7 Å². The maximum atomic E-state index is 13.7. The molecule has 0 fully saturated rings. The van der Waals surface area contributed by atoms with Gasteiger partial charge in [-0.1, -0.05) is 44.2 Å². The van der Waals surface area contributed by atoms with Gasteiger partial charge in [0.05, 0.1) is 6.61 Å². The number of nitrogens with two attached hydrogens (primary N) is 1. The zero-order valence-electron chi connectivity index (χ0n) is 30.0. The van der Waals surface area contributed by atoms with E-state index in [1.165, 1.54) is 0 Å². The van der Waals surface area contributed by atoms with Crippen molar-refractivity contribution in [1.82, 2.24) is 26.6 Å². The molecule has 51 heavy (non-hydrogen) atoms. The predicted molar refractivity (Wildman–Crippen MR) is 192 cm³/mol. The van der Waals surface area contributed by atoms with Gasteiger partial charge in [-0.3, -0.25) is 19.2 Å². The molecule has 0 saturated heterocycles. The van der Waals surface area contributed by atoms with Crippen molar-refractivity contribution in [2.45, 2.75) is 97.1 Å². The number of hydrogen-bond donors (Lipinski definition) is 8. The molecule has 2 aromatic carbocycles. The SMILES string of the molecule is CC(C)[C@H](NC(=O)[C@H](CCCCNC(=O)OC(C)(C)C)NC(=O)c1ccccc1)C(=O)N[C@@H](CCCNC(N)=O)C(=O)Nc1ccc(CO)cc1. The van der Waals surface area contributed by atoms with Crippen LogP contribution in [0.1, 0.15) is 82.6 Å². The highest BCUT2D eigenvalue weighted by Crippen LogP contribution is 2.13. The van der Waals surface area contributed by atoms with Crippen molar-refractivity contribution >= 4 is 41.4 Å². The third-order valence-corrected chi connectivity index (χ3v) is 7.50. The fourth-order valence-electron chi connectivity index (χ4n) is 4.84. The second-order valence-corrected chi connectivity index (χ2v) is 13.4. The van der Waals surface area contributed by atoms with Crippen LogP contribution in [-0.2, 0) is 25.7 Å². The Morgan fingerprint density at radius 1 is 0.745 bits per heavy atom. The highest BCUT2D eigenvalue weighted by Gasteiger charge is 2.31. The van der Waals surface area contributed by atoms with Crippen LogP contribution in [0.4, 0.5) is 15.3 Å². The van der Waals surface area contributed by atoms with Gasteiger partial charge in [0, 0.05) is 24.3 Å². The maximum Gasteiger partial charge on any atom is 0.407 e. The molecule has 2 rings (SSSR count). The first-order valence-corrected chi connectivity index (χ1v) is 17.1. The molecule has 15 heteroatoms. The van der Waals surface area contributed by atoms with Crippen LogP contribution in [0.5, 0.6) is 0 Å². The third-order valence-electron chi connectivity index (χ3n) is 7.50. The molecule has 0 aliphatic rings. The van der Waals surface area contributed by atoms with Crippen LogP contribution >= 0.6 is 0 Å². The lowest BCUT2D eigenvalue weighted by Crippen LogP contribution is -2.57. The second-order valence-electron chi connectivity index (χ2n) is 13.4. The number of carbonyl (C=O) groups is 6. The van der Waals surface area contributed by atoms with Crippen molar-refractivity contribution in [3.63, 3.8) is 0 Å². The molecule has 15 nitrogen and oxygen atoms in total. The Labute approximate surface area is 299 Å². The number of anilines is 1. The number of ether oxygens (including phenoxy) is 1. The molecule has 0 aliphatic carbocycles. The Morgan fingerprint density at radius 2 is 1.35 bits per heavy atom. The molecule has 3 atom stereocenters. The number of amides is 7. The molecule has 0 heterocycles. The Bertz CT molecular complexity index is 1450. The van der Waals surface area contributed by atoms with Gasteiger partial charge >= 0.3 is 12.1 Å². The first-order chi connectivity index (χ1) is 24.1. The quantitative estimate of drug-likeness (QED) is 0.101. The van der Waals surface area contributed by atoms with Gasteiger partial charge in [-0.25, -0.2) is 9.59 Å². The molecular formula is C36H53N7O8.